The zero-order valence-corrected chi connectivity index (χ0v) is 16.2. The first-order chi connectivity index (χ1) is 10.8. The van der Waals surface area contributed by atoms with E-state index in [1.807, 2.05) is 0 Å². The van der Waals surface area contributed by atoms with Gasteiger partial charge in [-0.15, -0.1) is 0 Å². The molecule has 0 aromatic carbocycles. The molecule has 0 amide bonds. The first-order valence-corrected chi connectivity index (χ1v) is 10.6. The molecule has 0 bridgehead atoms. The van der Waals surface area contributed by atoms with Gasteiger partial charge in [0.2, 0.25) is 0 Å². The van der Waals surface area contributed by atoms with Crippen LogP contribution in [0.1, 0.15) is 130 Å². The largest absolute Gasteiger partial charge is 0.0654 e. The van der Waals surface area contributed by atoms with Crippen molar-refractivity contribution < 1.29 is 0 Å². The number of hydrogen-bond acceptors (Lipinski definition) is 0. The van der Waals surface area contributed by atoms with Crippen LogP contribution in [0.2, 0.25) is 0 Å². The van der Waals surface area contributed by atoms with E-state index < -0.39 is 0 Å². The van der Waals surface area contributed by atoms with Crippen molar-refractivity contribution in [1.29, 1.82) is 0 Å². The molecule has 0 spiro atoms. The van der Waals surface area contributed by atoms with Gasteiger partial charge in [0.25, 0.3) is 0 Å². The van der Waals surface area contributed by atoms with Gasteiger partial charge in [-0.1, -0.05) is 124 Å². The molecule has 0 saturated heterocycles. The zero-order valence-electron chi connectivity index (χ0n) is 16.2. The Morgan fingerprint density at radius 3 is 1.41 bits per heavy atom. The minimum atomic E-state index is 0.845. The molecule has 0 saturated carbocycles. The number of hydrogen-bond donors (Lipinski definition) is 0. The molecule has 0 aromatic heterocycles. The van der Waals surface area contributed by atoms with Gasteiger partial charge in [-0.2, -0.15) is 0 Å². The second-order valence-corrected chi connectivity index (χ2v) is 7.39. The Kier molecular flexibility index (Phi) is 19.0. The highest BCUT2D eigenvalue weighted by atomic mass is 14.1. The summed E-state index contributed by atoms with van der Waals surface area (Å²) in [7, 11) is 0. The molecular formula is C22H45. The Morgan fingerprint density at radius 1 is 0.545 bits per heavy atom. The van der Waals surface area contributed by atoms with E-state index in [1.165, 1.54) is 109 Å². The Balaban J connectivity index is 3.02. The van der Waals surface area contributed by atoms with Gasteiger partial charge in [0.1, 0.15) is 0 Å². The molecule has 1 unspecified atom stereocenters. The second-order valence-electron chi connectivity index (χ2n) is 7.39. The fourth-order valence-corrected chi connectivity index (χ4v) is 3.21. The van der Waals surface area contributed by atoms with E-state index in [-0.39, 0.29) is 0 Å². The lowest BCUT2D eigenvalue weighted by atomic mass is 9.97. The molecule has 0 N–H and O–H groups in total. The van der Waals surface area contributed by atoms with E-state index in [1.54, 1.807) is 0 Å². The highest BCUT2D eigenvalue weighted by Gasteiger charge is 2.01. The Bertz CT molecular complexity index is 184. The van der Waals surface area contributed by atoms with E-state index in [9.17, 15) is 0 Å². The van der Waals surface area contributed by atoms with Crippen LogP contribution >= 0.6 is 0 Å². The lowest BCUT2D eigenvalue weighted by Gasteiger charge is -2.09. The summed E-state index contributed by atoms with van der Waals surface area (Å²) in [6, 6.07) is 0. The van der Waals surface area contributed by atoms with Gasteiger partial charge in [0, 0.05) is 0 Å². The molecule has 0 aliphatic heterocycles. The molecule has 133 valence electrons. The van der Waals surface area contributed by atoms with E-state index in [0.29, 0.717) is 0 Å². The summed E-state index contributed by atoms with van der Waals surface area (Å²) >= 11 is 0. The summed E-state index contributed by atoms with van der Waals surface area (Å²) in [4.78, 5) is 0. The topological polar surface area (TPSA) is 0 Å². The lowest BCUT2D eigenvalue weighted by molar-refractivity contribution is 0.519. The lowest BCUT2D eigenvalue weighted by Crippen LogP contribution is -1.95. The quantitative estimate of drug-likeness (QED) is 0.223. The summed E-state index contributed by atoms with van der Waals surface area (Å²) < 4.78 is 0. The molecule has 0 rings (SSSR count). The van der Waals surface area contributed by atoms with Crippen LogP contribution in [0, 0.1) is 12.3 Å². The highest BCUT2D eigenvalue weighted by Crippen LogP contribution is 2.17. The summed E-state index contributed by atoms with van der Waals surface area (Å²) in [6.07, 6.45) is 27.0. The van der Waals surface area contributed by atoms with Crippen LogP contribution in [-0.4, -0.2) is 0 Å². The average Bonchev–Trinajstić information content (AvgIpc) is 2.53. The maximum Gasteiger partial charge on any atom is -0.0358 e. The van der Waals surface area contributed by atoms with Crippen molar-refractivity contribution in [2.45, 2.75) is 130 Å². The molecule has 1 atom stereocenters. The smallest absolute Gasteiger partial charge is 0.0358 e. The van der Waals surface area contributed by atoms with E-state index in [0.717, 1.165) is 5.92 Å². The molecule has 0 aromatic rings. The van der Waals surface area contributed by atoms with Crippen molar-refractivity contribution in [3.8, 4) is 0 Å². The minimum Gasteiger partial charge on any atom is -0.0654 e. The van der Waals surface area contributed by atoms with Crippen LogP contribution in [0.4, 0.5) is 0 Å². The second kappa shape index (κ2) is 19.0. The molecule has 1 radical (unpaired) electrons. The third kappa shape index (κ3) is 18.1. The van der Waals surface area contributed by atoms with E-state index >= 15 is 0 Å². The van der Waals surface area contributed by atoms with Gasteiger partial charge < -0.3 is 0 Å². The molecule has 0 heterocycles. The summed E-state index contributed by atoms with van der Waals surface area (Å²) in [5.74, 6) is 0.845. The van der Waals surface area contributed by atoms with Crippen molar-refractivity contribution in [2.24, 2.45) is 5.92 Å². The normalized spacial score (nSPS) is 12.7. The summed E-state index contributed by atoms with van der Waals surface area (Å²) in [5.41, 5.74) is 0. The molecular weight excluding hydrogens is 264 g/mol. The summed E-state index contributed by atoms with van der Waals surface area (Å²) in [6.45, 7) is 6.97. The first kappa shape index (κ1) is 22.0. The van der Waals surface area contributed by atoms with Gasteiger partial charge >= 0.3 is 0 Å². The van der Waals surface area contributed by atoms with Gasteiger partial charge in [0.15, 0.2) is 0 Å². The number of rotatable bonds is 18. The summed E-state index contributed by atoms with van der Waals surface area (Å²) in [5, 5.41) is 0. The SMILES string of the molecule is CCCCCCCCCCCCCCC[CH]C(C)CCCC. The standard InChI is InChI=1S/C22H45/c1-4-6-8-9-10-11-12-13-14-15-16-17-18-19-21-22(3)20-7-5-2/h21-22H,4-20H2,1-3H3. The Hall–Kier alpha value is 0. The molecule has 0 aliphatic rings. The van der Waals surface area contributed by atoms with Crippen LogP contribution in [0.5, 0.6) is 0 Å². The van der Waals surface area contributed by atoms with E-state index in [2.05, 4.69) is 27.2 Å². The zero-order chi connectivity index (χ0) is 16.3. The maximum atomic E-state index is 2.56. The van der Waals surface area contributed by atoms with Crippen molar-refractivity contribution in [3.05, 3.63) is 6.42 Å². The van der Waals surface area contributed by atoms with Crippen molar-refractivity contribution in [1.82, 2.24) is 0 Å². The van der Waals surface area contributed by atoms with Crippen LogP contribution < -0.4 is 0 Å². The molecule has 0 nitrogen and oxygen atoms in total. The van der Waals surface area contributed by atoms with Gasteiger partial charge in [-0.3, -0.25) is 0 Å². The van der Waals surface area contributed by atoms with Crippen molar-refractivity contribution in [2.75, 3.05) is 0 Å². The fourth-order valence-electron chi connectivity index (χ4n) is 3.21. The maximum absolute atomic E-state index is 2.56. The van der Waals surface area contributed by atoms with Crippen LogP contribution in [0.15, 0.2) is 0 Å². The molecule has 0 heteroatoms. The average molecular weight is 310 g/mol. The number of unbranched alkanes of at least 4 members (excludes halogenated alkanes) is 14. The third-order valence-corrected chi connectivity index (χ3v) is 4.89. The molecule has 22 heavy (non-hydrogen) atoms. The van der Waals surface area contributed by atoms with Crippen LogP contribution in [0.3, 0.4) is 0 Å². The van der Waals surface area contributed by atoms with Gasteiger partial charge in [-0.05, 0) is 18.8 Å². The predicted octanol–water partition coefficient (Wildman–Crippen LogP) is 8.50. The van der Waals surface area contributed by atoms with Crippen molar-refractivity contribution in [3.63, 3.8) is 0 Å². The Morgan fingerprint density at radius 2 is 0.955 bits per heavy atom. The van der Waals surface area contributed by atoms with E-state index in [4.69, 9.17) is 0 Å². The molecule has 0 aliphatic carbocycles. The van der Waals surface area contributed by atoms with Crippen molar-refractivity contribution >= 4 is 0 Å². The predicted molar refractivity (Wildman–Crippen MR) is 103 cm³/mol. The highest BCUT2D eigenvalue weighted by molar-refractivity contribution is 4.72. The molecule has 0 fully saturated rings. The third-order valence-electron chi connectivity index (χ3n) is 4.89. The van der Waals surface area contributed by atoms with Gasteiger partial charge in [-0.25, -0.2) is 0 Å². The Labute approximate surface area is 142 Å². The first-order valence-electron chi connectivity index (χ1n) is 10.6. The monoisotopic (exact) mass is 309 g/mol. The van der Waals surface area contributed by atoms with Crippen LogP contribution in [-0.2, 0) is 0 Å². The van der Waals surface area contributed by atoms with Gasteiger partial charge in [0.05, 0.1) is 0 Å². The van der Waals surface area contributed by atoms with Crippen LogP contribution in [0.25, 0.3) is 0 Å². The minimum absolute atomic E-state index is 0.845. The fraction of sp³-hybridized carbons (Fsp3) is 0.955.